The molecule has 0 fully saturated rings. The van der Waals surface area contributed by atoms with Crippen LogP contribution in [0.15, 0.2) is 85.1 Å². The maximum absolute atomic E-state index is 14.2. The first kappa shape index (κ1) is 30.1. The number of nitrogens with one attached hydrogen (secondary N) is 2. The number of alkyl halides is 4. The lowest BCUT2D eigenvalue weighted by molar-refractivity contribution is -0.137. The quantitative estimate of drug-likeness (QED) is 0.262. The number of fused-ring (bicyclic) bond motifs is 1. The fourth-order valence-electron chi connectivity index (χ4n) is 5.11. The Bertz CT molecular complexity index is 1780. The Kier molecular flexibility index (Phi) is 8.21. The molecule has 2 heterocycles. The van der Waals surface area contributed by atoms with Crippen molar-refractivity contribution in [2.24, 2.45) is 0 Å². The summed E-state index contributed by atoms with van der Waals surface area (Å²) in [4.78, 5) is 29.0. The number of carbonyl (C=O) groups is 2. The van der Waals surface area contributed by atoms with Gasteiger partial charge in [-0.1, -0.05) is 42.5 Å². The van der Waals surface area contributed by atoms with E-state index in [1.165, 1.54) is 23.2 Å². The van der Waals surface area contributed by atoms with Crippen LogP contribution in [0.3, 0.4) is 0 Å². The van der Waals surface area contributed by atoms with Crippen LogP contribution >= 0.6 is 11.6 Å². The third kappa shape index (κ3) is 5.95. The number of carbonyl (C=O) groups excluding carboxylic acids is 2. The van der Waals surface area contributed by atoms with E-state index in [1.807, 2.05) is 6.07 Å². The van der Waals surface area contributed by atoms with E-state index in [0.29, 0.717) is 28.7 Å². The van der Waals surface area contributed by atoms with Gasteiger partial charge >= 0.3 is 6.18 Å². The lowest BCUT2D eigenvalue weighted by atomic mass is 9.81. The maximum atomic E-state index is 14.2. The predicted molar refractivity (Wildman–Crippen MR) is 156 cm³/mol. The van der Waals surface area contributed by atoms with Gasteiger partial charge in [0.2, 0.25) is 10.0 Å². The number of likely N-dealkylation sites (N-methyl/N-ethyl adjacent to an activating group) is 1. The van der Waals surface area contributed by atoms with Crippen LogP contribution < -0.4 is 14.9 Å². The van der Waals surface area contributed by atoms with Gasteiger partial charge in [-0.05, 0) is 48.9 Å². The number of hydrogen-bond donors (Lipinski definition) is 2. The molecule has 0 aliphatic carbocycles. The first-order chi connectivity index (χ1) is 20.4. The lowest BCUT2D eigenvalue weighted by Gasteiger charge is -2.38. The minimum absolute atomic E-state index is 0.114. The SMILES string of the molecule is CCN1C(=O)[C@H](NC(=O)c2cccc(C(F)(F)F)c2)[C@@H](c2ccccc2NS(=O)(=O)CCl)c2cnn(-c3ccccc3)c21. The van der Waals surface area contributed by atoms with Crippen molar-refractivity contribution in [2.75, 3.05) is 21.4 Å². The summed E-state index contributed by atoms with van der Waals surface area (Å²) in [6, 6.07) is 17.8. The third-order valence-electron chi connectivity index (χ3n) is 6.99. The molecule has 1 aromatic heterocycles. The number of rotatable bonds is 8. The van der Waals surface area contributed by atoms with E-state index in [9.17, 15) is 31.2 Å². The summed E-state index contributed by atoms with van der Waals surface area (Å²) in [7, 11) is -3.97. The number of aromatic nitrogens is 2. The first-order valence-electron chi connectivity index (χ1n) is 13.0. The zero-order chi connectivity index (χ0) is 30.9. The topological polar surface area (TPSA) is 113 Å². The van der Waals surface area contributed by atoms with Crippen LogP contribution in [-0.4, -0.2) is 47.8 Å². The highest BCUT2D eigenvalue weighted by Crippen LogP contribution is 2.43. The van der Waals surface area contributed by atoms with Crippen molar-refractivity contribution in [1.82, 2.24) is 15.1 Å². The van der Waals surface area contributed by atoms with Gasteiger partial charge in [-0.2, -0.15) is 18.3 Å². The van der Waals surface area contributed by atoms with Gasteiger partial charge in [-0.15, -0.1) is 11.6 Å². The Labute approximate surface area is 250 Å². The van der Waals surface area contributed by atoms with Crippen LogP contribution in [0.1, 0.15) is 39.9 Å². The highest BCUT2D eigenvalue weighted by atomic mass is 35.5. The summed E-state index contributed by atoms with van der Waals surface area (Å²) in [5.41, 5.74) is 0.250. The zero-order valence-electron chi connectivity index (χ0n) is 22.5. The van der Waals surface area contributed by atoms with Gasteiger partial charge in [0.1, 0.15) is 17.1 Å². The molecule has 224 valence electrons. The van der Waals surface area contributed by atoms with Gasteiger partial charge in [0.05, 0.1) is 23.1 Å². The molecular weight excluding hydrogens is 607 g/mol. The molecule has 43 heavy (non-hydrogen) atoms. The van der Waals surface area contributed by atoms with Crippen LogP contribution in [0.2, 0.25) is 0 Å². The fraction of sp³-hybridized carbons (Fsp3) is 0.207. The maximum Gasteiger partial charge on any atom is 0.416 e. The summed E-state index contributed by atoms with van der Waals surface area (Å²) in [6.07, 6.45) is -3.16. The smallest absolute Gasteiger partial charge is 0.339 e. The Hall–Kier alpha value is -4.36. The van der Waals surface area contributed by atoms with Crippen molar-refractivity contribution in [3.63, 3.8) is 0 Å². The molecule has 2 N–H and O–H groups in total. The molecule has 0 radical (unpaired) electrons. The van der Waals surface area contributed by atoms with E-state index >= 15 is 0 Å². The van der Waals surface area contributed by atoms with Crippen molar-refractivity contribution >= 4 is 44.9 Å². The van der Waals surface area contributed by atoms with E-state index in [2.05, 4.69) is 15.1 Å². The molecule has 2 amide bonds. The summed E-state index contributed by atoms with van der Waals surface area (Å²) >= 11 is 5.64. The van der Waals surface area contributed by atoms with Gasteiger partial charge in [-0.3, -0.25) is 19.2 Å². The molecule has 14 heteroatoms. The van der Waals surface area contributed by atoms with E-state index in [-0.39, 0.29) is 17.8 Å². The van der Waals surface area contributed by atoms with Crippen LogP contribution in [0.4, 0.5) is 24.7 Å². The number of amides is 2. The van der Waals surface area contributed by atoms with Crippen LogP contribution in [-0.2, 0) is 21.0 Å². The van der Waals surface area contributed by atoms with Gasteiger partial charge in [0.15, 0.2) is 0 Å². The van der Waals surface area contributed by atoms with E-state index < -0.39 is 50.7 Å². The fourth-order valence-corrected chi connectivity index (χ4v) is 5.85. The minimum Gasteiger partial charge on any atom is -0.339 e. The molecule has 3 aromatic carbocycles. The molecular formula is C29H25ClF3N5O4S. The van der Waals surface area contributed by atoms with Crippen molar-refractivity contribution in [1.29, 1.82) is 0 Å². The number of sulfonamides is 1. The number of anilines is 2. The molecule has 5 rings (SSSR count). The standard InChI is InChI=1S/C29H25ClF3N5O4S/c1-2-37-27-22(16-34-38(27)20-11-4-3-5-12-20)24(21-13-6-7-14-23(21)36-43(41,42)17-30)25(28(37)40)35-26(39)18-9-8-10-19(15-18)29(31,32)33/h3-16,24-25,36H,2,17H2,1H3,(H,35,39)/t24-,25+/m0/s1. The van der Waals surface area contributed by atoms with Crippen molar-refractivity contribution < 1.29 is 31.2 Å². The molecule has 9 nitrogen and oxygen atoms in total. The van der Waals surface area contributed by atoms with Gasteiger partial charge < -0.3 is 5.32 Å². The molecule has 1 aliphatic rings. The van der Waals surface area contributed by atoms with E-state index in [4.69, 9.17) is 11.6 Å². The number of halogens is 4. The van der Waals surface area contributed by atoms with Crippen LogP contribution in [0.25, 0.3) is 5.69 Å². The van der Waals surface area contributed by atoms with Gasteiger partial charge in [0.25, 0.3) is 11.8 Å². The summed E-state index contributed by atoms with van der Waals surface area (Å²) < 4.78 is 69.1. The number of para-hydroxylation sites is 2. The average molecular weight is 632 g/mol. The van der Waals surface area contributed by atoms with Gasteiger partial charge in [0, 0.05) is 23.6 Å². The number of benzene rings is 3. The second kappa shape index (κ2) is 11.7. The highest BCUT2D eigenvalue weighted by Gasteiger charge is 2.45. The lowest BCUT2D eigenvalue weighted by Crippen LogP contribution is -2.55. The molecule has 0 unspecified atom stereocenters. The van der Waals surface area contributed by atoms with Crippen LogP contribution in [0.5, 0.6) is 0 Å². The van der Waals surface area contributed by atoms with E-state index in [1.54, 1.807) is 54.1 Å². The second-order valence-corrected chi connectivity index (χ2v) is 12.0. The summed E-state index contributed by atoms with van der Waals surface area (Å²) in [5, 5.41) is 6.43. The monoisotopic (exact) mass is 631 g/mol. The van der Waals surface area contributed by atoms with Crippen molar-refractivity contribution in [3.8, 4) is 5.69 Å². The molecule has 0 bridgehead atoms. The highest BCUT2D eigenvalue weighted by molar-refractivity contribution is 7.93. The second-order valence-electron chi connectivity index (χ2n) is 9.67. The van der Waals surface area contributed by atoms with E-state index in [0.717, 1.165) is 12.1 Å². The Morgan fingerprint density at radius 2 is 1.70 bits per heavy atom. The number of hydrogen-bond acceptors (Lipinski definition) is 5. The molecule has 0 saturated carbocycles. The molecule has 4 aromatic rings. The predicted octanol–water partition coefficient (Wildman–Crippen LogP) is 5.13. The molecule has 2 atom stereocenters. The molecule has 1 aliphatic heterocycles. The average Bonchev–Trinajstić information content (AvgIpc) is 3.42. The Morgan fingerprint density at radius 1 is 1.00 bits per heavy atom. The largest absolute Gasteiger partial charge is 0.416 e. The minimum atomic E-state index is -4.68. The number of nitrogens with zero attached hydrogens (tertiary/aromatic N) is 3. The Morgan fingerprint density at radius 3 is 2.37 bits per heavy atom. The first-order valence-corrected chi connectivity index (χ1v) is 15.2. The zero-order valence-corrected chi connectivity index (χ0v) is 24.1. The normalized spacial score (nSPS) is 17.0. The molecule has 0 spiro atoms. The van der Waals surface area contributed by atoms with Gasteiger partial charge in [-0.25, -0.2) is 13.1 Å². The Balaban J connectivity index is 1.68. The van der Waals surface area contributed by atoms with Crippen molar-refractivity contribution in [3.05, 3.63) is 107 Å². The summed E-state index contributed by atoms with van der Waals surface area (Å²) in [5.74, 6) is -2.06. The van der Waals surface area contributed by atoms with Crippen molar-refractivity contribution in [2.45, 2.75) is 25.1 Å². The molecule has 0 saturated heterocycles. The van der Waals surface area contributed by atoms with Crippen LogP contribution in [0, 0.1) is 0 Å². The third-order valence-corrected chi connectivity index (χ3v) is 8.67. The summed E-state index contributed by atoms with van der Waals surface area (Å²) in [6.45, 7) is 1.91.